The molecule has 0 amide bonds. The van der Waals surface area contributed by atoms with Crippen LogP contribution in [0, 0.1) is 98.1 Å². The van der Waals surface area contributed by atoms with Crippen LogP contribution in [0.5, 0.6) is 17.2 Å². The Kier molecular flexibility index (Phi) is 15.1. The summed E-state index contributed by atoms with van der Waals surface area (Å²) in [5.41, 5.74) is -3.05. The smallest absolute Gasteiger partial charge is 0.481 e. The lowest BCUT2D eigenvalue weighted by molar-refractivity contribution is -0.156. The average Bonchev–Trinajstić information content (AvgIpc) is 3.19. The van der Waals surface area contributed by atoms with Crippen molar-refractivity contribution in [3.8, 4) is 17.2 Å². The topological polar surface area (TPSA) is 175 Å². The highest BCUT2D eigenvalue weighted by atomic mass is 19.2. The number of carboxylic acid groups (broad SMARTS) is 1. The van der Waals surface area contributed by atoms with Crippen molar-refractivity contribution in [3.05, 3.63) is 87.3 Å². The fourth-order valence-electron chi connectivity index (χ4n) is 3.25. The van der Waals surface area contributed by atoms with E-state index in [-0.39, 0.29) is 0 Å². The van der Waals surface area contributed by atoms with E-state index in [0.29, 0.717) is 0 Å². The molecule has 0 radical (unpaired) electrons. The molecule has 0 atom stereocenters. The number of aliphatic hydroxyl groups is 2. The summed E-state index contributed by atoms with van der Waals surface area (Å²) < 4.78 is 216. The Morgan fingerprint density at radius 3 is 1.02 bits per heavy atom. The summed E-state index contributed by atoms with van der Waals surface area (Å²) in [6.45, 7) is 0.265. The molecule has 4 rings (SSSR count). The van der Waals surface area contributed by atoms with E-state index in [1.54, 1.807) is 0 Å². The SMILES string of the molecule is CC(CO)(CO)C(=O)O.CC1(C(=O)Oc2c(F)c(F)c(F)c(F)c2F)COC(=O)OC1.O=C(Oc1c(F)c(F)c(F)c(F)c1F)Oc1c(F)c(F)c(F)c(F)c1F. The Bertz CT molecular complexity index is 1920. The molecule has 12 nitrogen and oxygen atoms in total. The Balaban J connectivity index is 0.000000328. The highest BCUT2D eigenvalue weighted by molar-refractivity contribution is 5.80. The minimum atomic E-state index is -2.62. The highest BCUT2D eigenvalue weighted by Gasteiger charge is 2.43. The predicted molar refractivity (Wildman–Crippen MR) is 146 cm³/mol. The summed E-state index contributed by atoms with van der Waals surface area (Å²) in [7, 11) is 0. The molecule has 3 aromatic rings. The fourth-order valence-corrected chi connectivity index (χ4v) is 3.25. The molecule has 1 aliphatic heterocycles. The minimum Gasteiger partial charge on any atom is -0.481 e. The van der Waals surface area contributed by atoms with Gasteiger partial charge < -0.3 is 39.0 Å². The first-order chi connectivity index (χ1) is 26.2. The lowest BCUT2D eigenvalue weighted by atomic mass is 9.92. The van der Waals surface area contributed by atoms with Gasteiger partial charge in [-0.25, -0.2) is 49.1 Å². The van der Waals surface area contributed by atoms with Crippen molar-refractivity contribution in [1.82, 2.24) is 0 Å². The second-order valence-electron chi connectivity index (χ2n) is 11.1. The van der Waals surface area contributed by atoms with E-state index in [9.17, 15) is 85.0 Å². The number of esters is 1. The summed E-state index contributed by atoms with van der Waals surface area (Å²) in [5, 5.41) is 25.1. The van der Waals surface area contributed by atoms with E-state index in [1.165, 1.54) is 6.92 Å². The van der Waals surface area contributed by atoms with Gasteiger partial charge in [-0.1, -0.05) is 0 Å². The van der Waals surface area contributed by atoms with Gasteiger partial charge in [-0.05, 0) is 13.8 Å². The van der Waals surface area contributed by atoms with E-state index >= 15 is 0 Å². The molecule has 3 aromatic carbocycles. The van der Waals surface area contributed by atoms with E-state index in [0.717, 1.165) is 6.92 Å². The molecule has 0 bridgehead atoms. The van der Waals surface area contributed by atoms with E-state index in [4.69, 9.17) is 15.3 Å². The summed E-state index contributed by atoms with van der Waals surface area (Å²) in [6, 6.07) is 0. The molecule has 0 aromatic heterocycles. The number of halogens is 15. The van der Waals surface area contributed by atoms with Crippen LogP contribution < -0.4 is 14.2 Å². The molecular weight excluding hydrogens is 837 g/mol. The van der Waals surface area contributed by atoms with Gasteiger partial charge in [0.15, 0.2) is 0 Å². The van der Waals surface area contributed by atoms with Crippen LogP contribution in [0.4, 0.5) is 75.4 Å². The minimum absolute atomic E-state index is 0.542. The maximum absolute atomic E-state index is 13.4. The van der Waals surface area contributed by atoms with Crippen molar-refractivity contribution in [2.45, 2.75) is 13.8 Å². The van der Waals surface area contributed by atoms with Crippen LogP contribution in [-0.2, 0) is 19.1 Å². The fraction of sp³-hybridized carbons (Fsp3) is 0.267. The monoisotopic (exact) mass is 854 g/mol. The number of hydrogen-bond donors (Lipinski definition) is 3. The number of hydrogen-bond acceptors (Lipinski definition) is 11. The molecule has 57 heavy (non-hydrogen) atoms. The largest absolute Gasteiger partial charge is 0.519 e. The standard InChI is InChI=1S/C13F10O3.C12H7F5O5.C5H10O4/c14-1-3(16)7(20)11(8(21)4(1)17)25-13(24)26-12-9(22)5(18)2(15)6(19)10(12)23;1-12(2-20-11(19)21-3-12)10(18)22-9-7(16)5(14)4(13)6(15)8(9)17;1-5(2-6,3-7)4(8)9/h;2-3H2,1H3;6-7H,2-3H2,1H3,(H,8,9). The van der Waals surface area contributed by atoms with Crippen LogP contribution in [-0.4, -0.2) is 66.0 Å². The molecule has 1 fully saturated rings. The molecule has 1 heterocycles. The summed E-state index contributed by atoms with van der Waals surface area (Å²) in [5.74, 6) is -46.2. The predicted octanol–water partition coefficient (Wildman–Crippen LogP) is 6.18. The van der Waals surface area contributed by atoms with Crippen LogP contribution in [0.15, 0.2) is 0 Å². The second kappa shape index (κ2) is 18.3. The summed E-state index contributed by atoms with van der Waals surface area (Å²) in [6.07, 6.45) is -3.63. The molecule has 1 saturated heterocycles. The highest BCUT2D eigenvalue weighted by Crippen LogP contribution is 2.34. The number of cyclic esters (lactones) is 2. The van der Waals surface area contributed by atoms with Gasteiger partial charge in [-0.3, -0.25) is 9.59 Å². The first kappa shape index (κ1) is 47.2. The van der Waals surface area contributed by atoms with Gasteiger partial charge in [-0.2, -0.15) is 26.3 Å². The van der Waals surface area contributed by atoms with Crippen LogP contribution in [0.2, 0.25) is 0 Å². The molecule has 3 N–H and O–H groups in total. The zero-order valence-corrected chi connectivity index (χ0v) is 27.5. The Morgan fingerprint density at radius 1 is 0.544 bits per heavy atom. The molecule has 0 spiro atoms. The zero-order valence-electron chi connectivity index (χ0n) is 27.5. The van der Waals surface area contributed by atoms with Gasteiger partial charge in [0.1, 0.15) is 24.0 Å². The van der Waals surface area contributed by atoms with Gasteiger partial charge >= 0.3 is 24.2 Å². The van der Waals surface area contributed by atoms with Crippen molar-refractivity contribution in [2.24, 2.45) is 10.8 Å². The lowest BCUT2D eigenvalue weighted by Gasteiger charge is -2.29. The summed E-state index contributed by atoms with van der Waals surface area (Å²) >= 11 is 0. The quantitative estimate of drug-likeness (QED) is 0.0616. The summed E-state index contributed by atoms with van der Waals surface area (Å²) in [4.78, 5) is 43.9. The van der Waals surface area contributed by atoms with Gasteiger partial charge in [0.05, 0.1) is 13.2 Å². The lowest BCUT2D eigenvalue weighted by Crippen LogP contribution is -2.45. The Hall–Kier alpha value is -5.99. The van der Waals surface area contributed by atoms with Crippen molar-refractivity contribution in [2.75, 3.05) is 26.4 Å². The molecule has 0 saturated carbocycles. The number of aliphatic hydroxyl groups excluding tert-OH is 2. The average molecular weight is 854 g/mol. The molecule has 1 aliphatic rings. The molecule has 0 unspecified atom stereocenters. The molecule has 0 aliphatic carbocycles. The Labute approximate surface area is 304 Å². The van der Waals surface area contributed by atoms with Crippen LogP contribution in [0.3, 0.4) is 0 Å². The zero-order chi connectivity index (χ0) is 44.1. The number of carboxylic acids is 1. The molecule has 27 heteroatoms. The first-order valence-electron chi connectivity index (χ1n) is 14.1. The van der Waals surface area contributed by atoms with Crippen molar-refractivity contribution in [1.29, 1.82) is 0 Å². The number of benzene rings is 3. The Morgan fingerprint density at radius 2 is 0.789 bits per heavy atom. The normalized spacial score (nSPS) is 13.2. The van der Waals surface area contributed by atoms with Crippen LogP contribution in [0.25, 0.3) is 0 Å². The van der Waals surface area contributed by atoms with Crippen molar-refractivity contribution in [3.63, 3.8) is 0 Å². The molecular formula is C30H17F15O12. The number of rotatable bonds is 7. The number of aliphatic carboxylic acids is 1. The van der Waals surface area contributed by atoms with Gasteiger partial charge in [0.25, 0.3) is 0 Å². The van der Waals surface area contributed by atoms with Crippen LogP contribution >= 0.6 is 0 Å². The van der Waals surface area contributed by atoms with Gasteiger partial charge in [0.2, 0.25) is 105 Å². The third kappa shape index (κ3) is 9.88. The van der Waals surface area contributed by atoms with Crippen molar-refractivity contribution >= 4 is 24.2 Å². The van der Waals surface area contributed by atoms with Gasteiger partial charge in [0, 0.05) is 0 Å². The maximum Gasteiger partial charge on any atom is 0.519 e. The first-order valence-corrected chi connectivity index (χ1v) is 14.1. The van der Waals surface area contributed by atoms with E-state index < -0.39 is 166 Å². The number of carbonyl (C=O) groups is 4. The van der Waals surface area contributed by atoms with Crippen LogP contribution in [0.1, 0.15) is 13.8 Å². The second-order valence-corrected chi connectivity index (χ2v) is 11.1. The number of carbonyl (C=O) groups excluding carboxylic acids is 3. The van der Waals surface area contributed by atoms with E-state index in [1.807, 2.05) is 0 Å². The number of ether oxygens (including phenoxy) is 5. The maximum atomic E-state index is 13.4. The molecule has 314 valence electrons. The third-order valence-corrected chi connectivity index (χ3v) is 6.80. The van der Waals surface area contributed by atoms with E-state index in [2.05, 4.69) is 23.7 Å². The van der Waals surface area contributed by atoms with Gasteiger partial charge in [-0.15, -0.1) is 0 Å². The third-order valence-electron chi connectivity index (χ3n) is 6.80. The van der Waals surface area contributed by atoms with Crippen molar-refractivity contribution < 1.29 is 124 Å².